The third-order valence-corrected chi connectivity index (χ3v) is 4.07. The van der Waals surface area contributed by atoms with Crippen LogP contribution in [0, 0.1) is 13.8 Å². The van der Waals surface area contributed by atoms with Crippen molar-refractivity contribution in [3.05, 3.63) is 29.3 Å². The number of benzene rings is 1. The van der Waals surface area contributed by atoms with Gasteiger partial charge in [0, 0.05) is 6.54 Å². The van der Waals surface area contributed by atoms with E-state index in [4.69, 9.17) is 4.74 Å². The average Bonchev–Trinajstić information content (AvgIpc) is 2.26. The monoisotopic (exact) mass is 271 g/mol. The third-order valence-electron chi connectivity index (χ3n) is 2.48. The van der Waals surface area contributed by atoms with Gasteiger partial charge in [0.05, 0.1) is 5.75 Å². The zero-order valence-electron chi connectivity index (χ0n) is 11.2. The molecule has 0 bridgehead atoms. The van der Waals surface area contributed by atoms with Gasteiger partial charge in [-0.05, 0) is 31.9 Å². The van der Waals surface area contributed by atoms with Crippen LogP contribution < -0.4 is 9.46 Å². The smallest absolute Gasteiger partial charge is 0.211 e. The first-order valence-electron chi connectivity index (χ1n) is 6.12. The summed E-state index contributed by atoms with van der Waals surface area (Å²) in [6.07, 6.45) is 0.618. The number of nitrogens with one attached hydrogen (secondary N) is 1. The maximum Gasteiger partial charge on any atom is 0.211 e. The van der Waals surface area contributed by atoms with Crippen LogP contribution in [0.3, 0.4) is 0 Å². The Morgan fingerprint density at radius 1 is 1.28 bits per heavy atom. The Morgan fingerprint density at radius 3 is 2.61 bits per heavy atom. The van der Waals surface area contributed by atoms with Crippen LogP contribution in [0.5, 0.6) is 5.75 Å². The van der Waals surface area contributed by atoms with E-state index in [1.807, 2.05) is 39.0 Å². The summed E-state index contributed by atoms with van der Waals surface area (Å²) in [7, 11) is -3.13. The molecular weight excluding hydrogens is 250 g/mol. The molecule has 0 heterocycles. The molecule has 0 aromatic heterocycles. The topological polar surface area (TPSA) is 55.4 Å². The highest BCUT2D eigenvalue weighted by molar-refractivity contribution is 7.89. The van der Waals surface area contributed by atoms with Crippen molar-refractivity contribution in [3.8, 4) is 5.75 Å². The zero-order chi connectivity index (χ0) is 13.6. The first-order chi connectivity index (χ1) is 8.44. The molecule has 0 spiro atoms. The van der Waals surface area contributed by atoms with E-state index in [9.17, 15) is 8.42 Å². The van der Waals surface area contributed by atoms with E-state index in [-0.39, 0.29) is 5.75 Å². The minimum absolute atomic E-state index is 0.163. The Bertz CT molecular complexity index is 483. The summed E-state index contributed by atoms with van der Waals surface area (Å²) in [4.78, 5) is 0. The summed E-state index contributed by atoms with van der Waals surface area (Å²) < 4.78 is 30.8. The van der Waals surface area contributed by atoms with Crippen LogP contribution in [0.1, 0.15) is 24.5 Å². The molecular formula is C13H21NO3S. The molecule has 0 radical (unpaired) electrons. The number of ether oxygens (including phenoxy) is 1. The van der Waals surface area contributed by atoms with E-state index in [1.54, 1.807) is 0 Å². The fourth-order valence-corrected chi connectivity index (χ4v) is 2.74. The molecule has 0 aliphatic heterocycles. The second-order valence-corrected chi connectivity index (χ2v) is 6.26. The van der Waals surface area contributed by atoms with Gasteiger partial charge >= 0.3 is 0 Å². The number of sulfonamides is 1. The van der Waals surface area contributed by atoms with Gasteiger partial charge in [-0.3, -0.25) is 0 Å². The summed E-state index contributed by atoms with van der Waals surface area (Å²) in [5.74, 6) is 0.964. The highest BCUT2D eigenvalue weighted by Gasteiger charge is 2.07. The van der Waals surface area contributed by atoms with Crippen LogP contribution in [0.25, 0.3) is 0 Å². The summed E-state index contributed by atoms with van der Waals surface area (Å²) >= 11 is 0. The molecule has 1 rings (SSSR count). The second kappa shape index (κ2) is 6.75. The van der Waals surface area contributed by atoms with Gasteiger partial charge in [0.2, 0.25) is 10.0 Å². The van der Waals surface area contributed by atoms with E-state index in [0.717, 1.165) is 11.3 Å². The molecule has 0 fully saturated rings. The lowest BCUT2D eigenvalue weighted by molar-refractivity contribution is 0.320. The highest BCUT2D eigenvalue weighted by Crippen LogP contribution is 2.18. The largest absolute Gasteiger partial charge is 0.492 e. The van der Waals surface area contributed by atoms with Crippen molar-refractivity contribution in [1.82, 2.24) is 4.72 Å². The van der Waals surface area contributed by atoms with Crippen LogP contribution in [0.15, 0.2) is 18.2 Å². The van der Waals surface area contributed by atoms with Crippen molar-refractivity contribution in [2.75, 3.05) is 18.9 Å². The lowest BCUT2D eigenvalue weighted by atomic mass is 10.1. The molecule has 4 nitrogen and oxygen atoms in total. The van der Waals surface area contributed by atoms with Crippen molar-refractivity contribution in [1.29, 1.82) is 0 Å². The normalized spacial score (nSPS) is 11.5. The number of rotatable bonds is 7. The minimum Gasteiger partial charge on any atom is -0.492 e. The molecule has 1 aromatic rings. The summed E-state index contributed by atoms with van der Waals surface area (Å²) in [6, 6.07) is 5.92. The van der Waals surface area contributed by atoms with Crippen molar-refractivity contribution in [2.24, 2.45) is 0 Å². The number of aryl methyl sites for hydroxylation is 2. The molecule has 0 aliphatic carbocycles. The summed E-state index contributed by atoms with van der Waals surface area (Å²) in [6.45, 7) is 6.48. The van der Waals surface area contributed by atoms with Crippen LogP contribution in [-0.4, -0.2) is 27.3 Å². The molecule has 0 aliphatic rings. The molecule has 0 saturated heterocycles. The Hall–Kier alpha value is -1.07. The maximum atomic E-state index is 11.4. The van der Waals surface area contributed by atoms with Crippen molar-refractivity contribution >= 4 is 10.0 Å². The maximum absolute atomic E-state index is 11.4. The molecule has 0 unspecified atom stereocenters. The van der Waals surface area contributed by atoms with Crippen LogP contribution >= 0.6 is 0 Å². The van der Waals surface area contributed by atoms with Gasteiger partial charge in [-0.2, -0.15) is 0 Å². The lowest BCUT2D eigenvalue weighted by Crippen LogP contribution is -2.30. The van der Waals surface area contributed by atoms with Gasteiger partial charge in [0.1, 0.15) is 12.4 Å². The fraction of sp³-hybridized carbons (Fsp3) is 0.538. The molecule has 18 heavy (non-hydrogen) atoms. The zero-order valence-corrected chi connectivity index (χ0v) is 12.0. The fourth-order valence-electron chi connectivity index (χ4n) is 1.66. The Labute approximate surface area is 109 Å². The average molecular weight is 271 g/mol. The molecule has 1 aromatic carbocycles. The van der Waals surface area contributed by atoms with Gasteiger partial charge < -0.3 is 4.74 Å². The molecule has 0 saturated carbocycles. The van der Waals surface area contributed by atoms with E-state index in [1.165, 1.54) is 5.56 Å². The van der Waals surface area contributed by atoms with Crippen molar-refractivity contribution in [2.45, 2.75) is 27.2 Å². The summed E-state index contributed by atoms with van der Waals surface area (Å²) in [5.41, 5.74) is 2.25. The molecule has 0 amide bonds. The van der Waals surface area contributed by atoms with Gasteiger partial charge in [-0.25, -0.2) is 13.1 Å². The second-order valence-electron chi connectivity index (χ2n) is 4.33. The van der Waals surface area contributed by atoms with Crippen LogP contribution in [0.4, 0.5) is 0 Å². The quantitative estimate of drug-likeness (QED) is 0.772. The molecule has 0 atom stereocenters. The van der Waals surface area contributed by atoms with E-state index in [0.29, 0.717) is 19.6 Å². The Morgan fingerprint density at radius 2 is 2.00 bits per heavy atom. The summed E-state index contributed by atoms with van der Waals surface area (Å²) in [5, 5.41) is 0. The van der Waals surface area contributed by atoms with E-state index in [2.05, 4.69) is 4.72 Å². The lowest BCUT2D eigenvalue weighted by Gasteiger charge is -2.10. The van der Waals surface area contributed by atoms with Crippen LogP contribution in [-0.2, 0) is 10.0 Å². The SMILES string of the molecule is CCCS(=O)(=O)NCCOc1ccc(C)cc1C. The first-order valence-corrected chi connectivity index (χ1v) is 7.77. The number of hydrogen-bond acceptors (Lipinski definition) is 3. The standard InChI is InChI=1S/C13H21NO3S/c1-4-9-18(15,16)14-7-8-17-13-6-5-11(2)10-12(13)3/h5-6,10,14H,4,7-9H2,1-3H3. The Kier molecular flexibility index (Phi) is 5.62. The van der Waals surface area contributed by atoms with Gasteiger partial charge in [-0.15, -0.1) is 0 Å². The van der Waals surface area contributed by atoms with E-state index >= 15 is 0 Å². The predicted octanol–water partition coefficient (Wildman–Crippen LogP) is 2.01. The van der Waals surface area contributed by atoms with Gasteiger partial charge in [0.15, 0.2) is 0 Å². The van der Waals surface area contributed by atoms with Crippen molar-refractivity contribution < 1.29 is 13.2 Å². The molecule has 102 valence electrons. The van der Waals surface area contributed by atoms with Gasteiger partial charge in [0.25, 0.3) is 0 Å². The predicted molar refractivity (Wildman–Crippen MR) is 73.5 cm³/mol. The van der Waals surface area contributed by atoms with E-state index < -0.39 is 10.0 Å². The third kappa shape index (κ3) is 5.06. The minimum atomic E-state index is -3.13. The highest BCUT2D eigenvalue weighted by atomic mass is 32.2. The Balaban J connectivity index is 2.38. The molecule has 5 heteroatoms. The van der Waals surface area contributed by atoms with Crippen molar-refractivity contribution in [3.63, 3.8) is 0 Å². The van der Waals surface area contributed by atoms with Gasteiger partial charge in [-0.1, -0.05) is 24.6 Å². The van der Waals surface area contributed by atoms with Crippen LogP contribution in [0.2, 0.25) is 0 Å². The number of hydrogen-bond donors (Lipinski definition) is 1. The molecule has 1 N–H and O–H groups in total. The first kappa shape index (κ1) is 15.0.